The van der Waals surface area contributed by atoms with Crippen molar-refractivity contribution in [1.82, 2.24) is 4.98 Å². The number of aromatic amines is 1. The van der Waals surface area contributed by atoms with Crippen LogP contribution in [0.5, 0.6) is 0 Å². The molecule has 2 N–H and O–H groups in total. The number of nitrogens with one attached hydrogen (secondary N) is 1. The molecule has 0 aliphatic carbocycles. The lowest BCUT2D eigenvalue weighted by Crippen LogP contribution is -2.31. The second-order valence-electron chi connectivity index (χ2n) is 3.70. The number of aromatic nitrogens is 2. The van der Waals surface area contributed by atoms with E-state index in [2.05, 4.69) is 4.98 Å². The summed E-state index contributed by atoms with van der Waals surface area (Å²) in [6.45, 7) is 0.458. The van der Waals surface area contributed by atoms with E-state index in [0.29, 0.717) is 11.6 Å². The van der Waals surface area contributed by atoms with Crippen LogP contribution in [-0.2, 0) is 11.3 Å². The molecule has 2 rings (SSSR count). The summed E-state index contributed by atoms with van der Waals surface area (Å²) in [5.74, 6) is -0.799. The summed E-state index contributed by atoms with van der Waals surface area (Å²) in [6.07, 6.45) is 3.75. The van der Waals surface area contributed by atoms with Crippen LogP contribution < -0.4 is 4.57 Å². The fraction of sp³-hybridized carbons (Fsp3) is 0.167. The normalized spacial score (nSPS) is 10.4. The molecule has 0 fully saturated rings. The van der Waals surface area contributed by atoms with Gasteiger partial charge in [0.15, 0.2) is 5.69 Å². The Morgan fingerprint density at radius 3 is 2.71 bits per heavy atom. The zero-order valence-electron chi connectivity index (χ0n) is 9.06. The average molecular weight is 252 g/mol. The van der Waals surface area contributed by atoms with Gasteiger partial charge in [-0.05, 0) is 24.3 Å². The van der Waals surface area contributed by atoms with Crippen LogP contribution in [0.15, 0.2) is 36.8 Å². The standard InChI is InChI=1S/C12H11ClN2O2/c13-10-3-1-9(2-4-10)11-7-15(8-14-11)6-5-12(16)17/h1-4,7-8H,5-6H2,(H,16,17)/p+1. The van der Waals surface area contributed by atoms with Crippen LogP contribution in [0.2, 0.25) is 5.02 Å². The third-order valence-corrected chi connectivity index (χ3v) is 2.67. The predicted octanol–water partition coefficient (Wildman–Crippen LogP) is 2.10. The number of imidazole rings is 1. The van der Waals surface area contributed by atoms with E-state index in [-0.39, 0.29) is 6.42 Å². The van der Waals surface area contributed by atoms with Gasteiger partial charge in [0.05, 0.1) is 6.42 Å². The molecule has 0 saturated heterocycles. The van der Waals surface area contributed by atoms with E-state index in [0.717, 1.165) is 11.3 Å². The maximum Gasteiger partial charge on any atom is 0.307 e. The van der Waals surface area contributed by atoms with Gasteiger partial charge in [-0.2, -0.15) is 0 Å². The Kier molecular flexibility index (Phi) is 3.44. The van der Waals surface area contributed by atoms with E-state index in [9.17, 15) is 4.79 Å². The number of benzene rings is 1. The molecule has 0 atom stereocenters. The SMILES string of the molecule is O=C(O)CC[n+]1c[nH]c(-c2ccc(Cl)cc2)c1. The molecule has 88 valence electrons. The van der Waals surface area contributed by atoms with Crippen molar-refractivity contribution in [3.05, 3.63) is 41.8 Å². The number of hydrogen-bond acceptors (Lipinski definition) is 1. The fourth-order valence-corrected chi connectivity index (χ4v) is 1.66. The van der Waals surface area contributed by atoms with Gasteiger partial charge in [-0.1, -0.05) is 11.6 Å². The fourth-order valence-electron chi connectivity index (χ4n) is 1.53. The molecule has 0 unspecified atom stereocenters. The number of H-pyrrole nitrogens is 1. The Morgan fingerprint density at radius 1 is 1.35 bits per heavy atom. The molecular weight excluding hydrogens is 240 g/mol. The Balaban J connectivity index is 2.12. The van der Waals surface area contributed by atoms with E-state index >= 15 is 0 Å². The maximum atomic E-state index is 10.4. The Hall–Kier alpha value is -1.81. The number of aliphatic carboxylic acids is 1. The number of carboxylic acid groups (broad SMARTS) is 1. The molecule has 0 spiro atoms. The van der Waals surface area contributed by atoms with Gasteiger partial charge in [0.2, 0.25) is 6.33 Å². The van der Waals surface area contributed by atoms with Crippen molar-refractivity contribution in [2.24, 2.45) is 0 Å². The quantitative estimate of drug-likeness (QED) is 0.818. The number of hydrogen-bond donors (Lipinski definition) is 2. The van der Waals surface area contributed by atoms with E-state index in [1.807, 2.05) is 35.0 Å². The Morgan fingerprint density at radius 2 is 2.06 bits per heavy atom. The zero-order chi connectivity index (χ0) is 12.3. The molecule has 0 aliphatic heterocycles. The monoisotopic (exact) mass is 251 g/mol. The summed E-state index contributed by atoms with van der Waals surface area (Å²) < 4.78 is 1.82. The highest BCUT2D eigenvalue weighted by Crippen LogP contribution is 2.18. The molecule has 17 heavy (non-hydrogen) atoms. The van der Waals surface area contributed by atoms with Gasteiger partial charge in [-0.25, -0.2) is 9.55 Å². The van der Waals surface area contributed by atoms with Crippen LogP contribution in [0.4, 0.5) is 0 Å². The third-order valence-electron chi connectivity index (χ3n) is 2.42. The van der Waals surface area contributed by atoms with Crippen LogP contribution in [0.25, 0.3) is 11.3 Å². The first-order chi connectivity index (χ1) is 8.15. The minimum absolute atomic E-state index is 0.114. The molecule has 0 radical (unpaired) electrons. The molecule has 0 bridgehead atoms. The Labute approximate surface area is 103 Å². The van der Waals surface area contributed by atoms with Gasteiger partial charge >= 0.3 is 5.97 Å². The first-order valence-electron chi connectivity index (χ1n) is 5.20. The lowest BCUT2D eigenvalue weighted by molar-refractivity contribution is -0.694. The van der Waals surface area contributed by atoms with Crippen molar-refractivity contribution in [1.29, 1.82) is 0 Å². The van der Waals surface area contributed by atoms with Gasteiger partial charge in [0.1, 0.15) is 12.7 Å². The minimum atomic E-state index is -0.799. The van der Waals surface area contributed by atoms with Gasteiger partial charge in [-0.3, -0.25) is 4.79 Å². The summed E-state index contributed by atoms with van der Waals surface area (Å²) in [6, 6.07) is 7.46. The molecular formula is C12H12ClN2O2+. The third kappa shape index (κ3) is 3.07. The zero-order valence-corrected chi connectivity index (χ0v) is 9.81. The van der Waals surface area contributed by atoms with Gasteiger partial charge in [0, 0.05) is 10.6 Å². The highest BCUT2D eigenvalue weighted by atomic mass is 35.5. The van der Waals surface area contributed by atoms with Gasteiger partial charge in [0.25, 0.3) is 0 Å². The lowest BCUT2D eigenvalue weighted by Gasteiger charge is -1.93. The first kappa shape index (κ1) is 11.7. The minimum Gasteiger partial charge on any atom is -0.481 e. The molecule has 1 heterocycles. The second kappa shape index (κ2) is 5.01. The van der Waals surface area contributed by atoms with Crippen molar-refractivity contribution in [3.63, 3.8) is 0 Å². The smallest absolute Gasteiger partial charge is 0.307 e. The summed E-state index contributed by atoms with van der Waals surface area (Å²) in [5, 5.41) is 9.28. The van der Waals surface area contributed by atoms with Crippen LogP contribution in [-0.4, -0.2) is 16.1 Å². The molecule has 4 nitrogen and oxygen atoms in total. The molecule has 1 aromatic carbocycles. The largest absolute Gasteiger partial charge is 0.481 e. The summed E-state index contributed by atoms with van der Waals surface area (Å²) in [4.78, 5) is 13.5. The molecule has 0 amide bonds. The van der Waals surface area contributed by atoms with E-state index in [1.54, 1.807) is 6.33 Å². The first-order valence-corrected chi connectivity index (χ1v) is 5.58. The Bertz CT molecular complexity index is 520. The number of carbonyl (C=O) groups is 1. The van der Waals surface area contributed by atoms with Crippen LogP contribution in [0.3, 0.4) is 0 Å². The van der Waals surface area contributed by atoms with E-state index < -0.39 is 5.97 Å². The highest BCUT2D eigenvalue weighted by molar-refractivity contribution is 6.30. The highest BCUT2D eigenvalue weighted by Gasteiger charge is 2.09. The predicted molar refractivity (Wildman–Crippen MR) is 63.7 cm³/mol. The molecule has 2 aromatic rings. The number of aryl methyl sites for hydroxylation is 1. The average Bonchev–Trinajstić information content (AvgIpc) is 2.76. The lowest BCUT2D eigenvalue weighted by atomic mass is 10.2. The van der Waals surface area contributed by atoms with E-state index in [1.165, 1.54) is 0 Å². The summed E-state index contributed by atoms with van der Waals surface area (Å²) in [5.41, 5.74) is 1.95. The van der Waals surface area contributed by atoms with Crippen LogP contribution in [0, 0.1) is 0 Å². The molecule has 0 saturated carbocycles. The summed E-state index contributed by atoms with van der Waals surface area (Å²) >= 11 is 5.81. The number of rotatable bonds is 4. The van der Waals surface area contributed by atoms with Crippen molar-refractivity contribution in [2.45, 2.75) is 13.0 Å². The molecule has 0 aliphatic rings. The van der Waals surface area contributed by atoms with Crippen molar-refractivity contribution in [3.8, 4) is 11.3 Å². The van der Waals surface area contributed by atoms with Crippen molar-refractivity contribution in [2.75, 3.05) is 0 Å². The van der Waals surface area contributed by atoms with Crippen molar-refractivity contribution >= 4 is 17.6 Å². The number of carboxylic acids is 1. The summed E-state index contributed by atoms with van der Waals surface area (Å²) in [7, 11) is 0. The number of halogens is 1. The molecule has 5 heteroatoms. The second-order valence-corrected chi connectivity index (χ2v) is 4.14. The maximum absolute atomic E-state index is 10.4. The van der Waals surface area contributed by atoms with Crippen molar-refractivity contribution < 1.29 is 14.5 Å². The van der Waals surface area contributed by atoms with Gasteiger partial charge in [-0.15, -0.1) is 0 Å². The van der Waals surface area contributed by atoms with E-state index in [4.69, 9.17) is 16.7 Å². The van der Waals surface area contributed by atoms with Gasteiger partial charge < -0.3 is 5.11 Å². The topological polar surface area (TPSA) is 57.0 Å². The van der Waals surface area contributed by atoms with Crippen LogP contribution >= 0.6 is 11.6 Å². The molecule has 1 aromatic heterocycles. The van der Waals surface area contributed by atoms with Crippen LogP contribution in [0.1, 0.15) is 6.42 Å². The number of nitrogens with zero attached hydrogens (tertiary/aromatic N) is 1.